The summed E-state index contributed by atoms with van der Waals surface area (Å²) in [5.74, 6) is -1.69. The highest BCUT2D eigenvalue weighted by molar-refractivity contribution is 6.33. The number of carbonyl (C=O) groups excluding carboxylic acids is 3. The number of imide groups is 1. The first-order chi connectivity index (χ1) is 13.3. The van der Waals surface area contributed by atoms with Crippen LogP contribution in [0.2, 0.25) is 0 Å². The highest BCUT2D eigenvalue weighted by Gasteiger charge is 2.40. The van der Waals surface area contributed by atoms with Gasteiger partial charge in [-0.05, 0) is 64.2 Å². The fourth-order valence-electron chi connectivity index (χ4n) is 3.52. The maximum absolute atomic E-state index is 14.5. The quantitative estimate of drug-likeness (QED) is 0.735. The SMILES string of the molecule is CCC(C)NC(=O)C(C)Nc1ccc(F)c(N2C(=O)C3=C(CCCC3)C2=O)c1. The fourth-order valence-corrected chi connectivity index (χ4v) is 3.52. The van der Waals surface area contributed by atoms with E-state index in [1.54, 1.807) is 6.92 Å². The smallest absolute Gasteiger partial charge is 0.261 e. The van der Waals surface area contributed by atoms with Gasteiger partial charge in [-0.15, -0.1) is 0 Å². The summed E-state index contributed by atoms with van der Waals surface area (Å²) in [6.45, 7) is 5.60. The van der Waals surface area contributed by atoms with Gasteiger partial charge in [-0.25, -0.2) is 9.29 Å². The molecule has 2 atom stereocenters. The van der Waals surface area contributed by atoms with Crippen molar-refractivity contribution in [2.75, 3.05) is 10.2 Å². The van der Waals surface area contributed by atoms with Crippen molar-refractivity contribution in [3.8, 4) is 0 Å². The second-order valence-electron chi connectivity index (χ2n) is 7.46. The lowest BCUT2D eigenvalue weighted by Gasteiger charge is -2.20. The van der Waals surface area contributed by atoms with E-state index >= 15 is 0 Å². The number of benzene rings is 1. The van der Waals surface area contributed by atoms with Gasteiger partial charge in [0.05, 0.1) is 5.69 Å². The Morgan fingerprint density at radius 3 is 2.32 bits per heavy atom. The van der Waals surface area contributed by atoms with E-state index < -0.39 is 23.7 Å². The van der Waals surface area contributed by atoms with E-state index in [0.29, 0.717) is 29.7 Å². The molecule has 0 aromatic heterocycles. The van der Waals surface area contributed by atoms with Crippen LogP contribution in [-0.4, -0.2) is 29.8 Å². The van der Waals surface area contributed by atoms with Crippen molar-refractivity contribution in [1.29, 1.82) is 0 Å². The van der Waals surface area contributed by atoms with Crippen LogP contribution in [0.15, 0.2) is 29.3 Å². The number of anilines is 2. The van der Waals surface area contributed by atoms with Gasteiger partial charge in [0.1, 0.15) is 11.9 Å². The Kier molecular flexibility index (Phi) is 5.82. The molecule has 7 heteroatoms. The van der Waals surface area contributed by atoms with E-state index in [-0.39, 0.29) is 17.6 Å². The zero-order valence-electron chi connectivity index (χ0n) is 16.5. The molecule has 150 valence electrons. The molecule has 0 spiro atoms. The Bertz CT molecular complexity index is 821. The molecule has 0 bridgehead atoms. The molecule has 2 N–H and O–H groups in total. The summed E-state index contributed by atoms with van der Waals surface area (Å²) in [7, 11) is 0. The molecule has 2 aliphatic rings. The van der Waals surface area contributed by atoms with Gasteiger partial charge in [0.25, 0.3) is 11.8 Å². The molecule has 1 aliphatic carbocycles. The van der Waals surface area contributed by atoms with E-state index in [1.165, 1.54) is 18.2 Å². The second kappa shape index (κ2) is 8.12. The summed E-state index contributed by atoms with van der Waals surface area (Å²) in [5.41, 5.74) is 1.41. The summed E-state index contributed by atoms with van der Waals surface area (Å²) >= 11 is 0. The highest BCUT2D eigenvalue weighted by Crippen LogP contribution is 2.37. The summed E-state index contributed by atoms with van der Waals surface area (Å²) in [5, 5.41) is 5.89. The minimum absolute atomic E-state index is 0.0535. The molecule has 0 saturated heterocycles. The van der Waals surface area contributed by atoms with Crippen LogP contribution in [0.25, 0.3) is 0 Å². The summed E-state index contributed by atoms with van der Waals surface area (Å²) < 4.78 is 14.5. The number of hydrogen-bond donors (Lipinski definition) is 2. The molecule has 3 rings (SSSR count). The number of halogens is 1. The fraction of sp³-hybridized carbons (Fsp3) is 0.476. The van der Waals surface area contributed by atoms with E-state index in [4.69, 9.17) is 0 Å². The van der Waals surface area contributed by atoms with Crippen molar-refractivity contribution >= 4 is 29.1 Å². The number of amides is 3. The summed E-state index contributed by atoms with van der Waals surface area (Å²) in [6, 6.07) is 3.61. The summed E-state index contributed by atoms with van der Waals surface area (Å²) in [6.07, 6.45) is 3.65. The molecule has 0 saturated carbocycles. The highest BCUT2D eigenvalue weighted by atomic mass is 19.1. The topological polar surface area (TPSA) is 78.5 Å². The first kappa shape index (κ1) is 20.0. The number of nitrogens with zero attached hydrogens (tertiary/aromatic N) is 1. The molecule has 1 aromatic carbocycles. The van der Waals surface area contributed by atoms with Crippen LogP contribution >= 0.6 is 0 Å². The predicted molar refractivity (Wildman–Crippen MR) is 105 cm³/mol. The molecule has 28 heavy (non-hydrogen) atoms. The molecule has 1 aromatic rings. The molecule has 0 fully saturated rings. The van der Waals surface area contributed by atoms with Gasteiger partial charge in [-0.1, -0.05) is 6.92 Å². The third kappa shape index (κ3) is 3.79. The largest absolute Gasteiger partial charge is 0.374 e. The number of rotatable bonds is 6. The van der Waals surface area contributed by atoms with Crippen LogP contribution < -0.4 is 15.5 Å². The minimum Gasteiger partial charge on any atom is -0.374 e. The Morgan fingerprint density at radius 2 is 1.75 bits per heavy atom. The van der Waals surface area contributed by atoms with Gasteiger partial charge >= 0.3 is 0 Å². The normalized spacial score (nSPS) is 18.8. The number of carbonyl (C=O) groups is 3. The van der Waals surface area contributed by atoms with Crippen molar-refractivity contribution in [3.63, 3.8) is 0 Å². The van der Waals surface area contributed by atoms with Gasteiger partial charge in [0.15, 0.2) is 0 Å². The number of nitrogens with one attached hydrogen (secondary N) is 2. The summed E-state index contributed by atoms with van der Waals surface area (Å²) in [4.78, 5) is 38.5. The van der Waals surface area contributed by atoms with Crippen LogP contribution in [0.1, 0.15) is 52.9 Å². The van der Waals surface area contributed by atoms with Crippen LogP contribution in [0.3, 0.4) is 0 Å². The zero-order chi connectivity index (χ0) is 20.4. The minimum atomic E-state index is -0.649. The third-order valence-corrected chi connectivity index (χ3v) is 5.35. The molecular weight excluding hydrogens is 361 g/mol. The van der Waals surface area contributed by atoms with E-state index in [9.17, 15) is 18.8 Å². The lowest BCUT2D eigenvalue weighted by atomic mass is 9.93. The molecule has 3 amide bonds. The van der Waals surface area contributed by atoms with Gasteiger partial charge in [0.2, 0.25) is 5.91 Å². The molecule has 1 heterocycles. The molecule has 2 unspecified atom stereocenters. The molecular formula is C21H26FN3O3. The van der Waals surface area contributed by atoms with Crippen molar-refractivity contribution < 1.29 is 18.8 Å². The molecule has 0 radical (unpaired) electrons. The van der Waals surface area contributed by atoms with Gasteiger partial charge in [-0.2, -0.15) is 0 Å². The first-order valence-electron chi connectivity index (χ1n) is 9.80. The Morgan fingerprint density at radius 1 is 1.14 bits per heavy atom. The van der Waals surface area contributed by atoms with E-state index in [2.05, 4.69) is 10.6 Å². The monoisotopic (exact) mass is 387 g/mol. The van der Waals surface area contributed by atoms with Crippen molar-refractivity contribution in [2.24, 2.45) is 0 Å². The van der Waals surface area contributed by atoms with Gasteiger partial charge in [-0.3, -0.25) is 14.4 Å². The Balaban J connectivity index is 1.80. The van der Waals surface area contributed by atoms with Crippen LogP contribution in [0.5, 0.6) is 0 Å². The van der Waals surface area contributed by atoms with Crippen molar-refractivity contribution in [3.05, 3.63) is 35.2 Å². The molecule has 1 aliphatic heterocycles. The van der Waals surface area contributed by atoms with E-state index in [0.717, 1.165) is 24.2 Å². The van der Waals surface area contributed by atoms with Crippen molar-refractivity contribution in [2.45, 2.75) is 65.0 Å². The maximum Gasteiger partial charge on any atom is 0.261 e. The van der Waals surface area contributed by atoms with Gasteiger partial charge < -0.3 is 10.6 Å². The Labute approximate surface area is 164 Å². The lowest BCUT2D eigenvalue weighted by Crippen LogP contribution is -2.41. The second-order valence-corrected chi connectivity index (χ2v) is 7.46. The van der Waals surface area contributed by atoms with Crippen LogP contribution in [-0.2, 0) is 14.4 Å². The third-order valence-electron chi connectivity index (χ3n) is 5.35. The standard InChI is InChI=1S/C21H26FN3O3/c1-4-12(2)23-19(26)13(3)24-14-9-10-17(22)18(11-14)25-20(27)15-7-5-6-8-16(15)21(25)28/h9-13,24H,4-8H2,1-3H3,(H,23,26). The van der Waals surface area contributed by atoms with Crippen LogP contribution in [0, 0.1) is 5.82 Å². The average Bonchev–Trinajstić information content (AvgIpc) is 2.94. The average molecular weight is 387 g/mol. The molecule has 6 nitrogen and oxygen atoms in total. The predicted octanol–water partition coefficient (Wildman–Crippen LogP) is 3.28. The lowest BCUT2D eigenvalue weighted by molar-refractivity contribution is -0.122. The van der Waals surface area contributed by atoms with Gasteiger partial charge in [0, 0.05) is 22.9 Å². The first-order valence-corrected chi connectivity index (χ1v) is 9.80. The van der Waals surface area contributed by atoms with Crippen LogP contribution in [0.4, 0.5) is 15.8 Å². The number of hydrogen-bond acceptors (Lipinski definition) is 4. The van der Waals surface area contributed by atoms with Crippen molar-refractivity contribution in [1.82, 2.24) is 5.32 Å². The zero-order valence-corrected chi connectivity index (χ0v) is 16.5. The van der Waals surface area contributed by atoms with E-state index in [1.807, 2.05) is 13.8 Å². The maximum atomic E-state index is 14.5. The Hall–Kier alpha value is -2.70.